The van der Waals surface area contributed by atoms with Crippen LogP contribution in [0.1, 0.15) is 38.7 Å². The minimum absolute atomic E-state index is 0.225. The molecule has 0 atom stereocenters. The molecule has 0 saturated carbocycles. The van der Waals surface area contributed by atoms with Crippen LogP contribution in [0, 0.1) is 23.7 Å². The van der Waals surface area contributed by atoms with Crippen LogP contribution >= 0.6 is 0 Å². The zero-order valence-electron chi connectivity index (χ0n) is 11.5. The van der Waals surface area contributed by atoms with Gasteiger partial charge in [0.25, 0.3) is 0 Å². The number of unbranched alkanes of at least 4 members (excludes halogenated alkanes) is 1. The lowest BCUT2D eigenvalue weighted by Crippen LogP contribution is -2.08. The van der Waals surface area contributed by atoms with E-state index >= 15 is 0 Å². The summed E-state index contributed by atoms with van der Waals surface area (Å²) in [7, 11) is 0. The normalized spacial score (nSPS) is 11.0. The molecule has 0 aliphatic carbocycles. The van der Waals surface area contributed by atoms with Gasteiger partial charge in [-0.2, -0.15) is 5.26 Å². The third-order valence-electron chi connectivity index (χ3n) is 2.96. The lowest BCUT2D eigenvalue weighted by atomic mass is 9.89. The molecule has 0 unspecified atom stereocenters. The lowest BCUT2D eigenvalue weighted by Gasteiger charge is -2.14. The van der Waals surface area contributed by atoms with Crippen molar-refractivity contribution in [2.75, 3.05) is 12.3 Å². The SMILES string of the molecule is Cc1cc(N)ccc1OCCCCC(C)(C)C#N. The van der Waals surface area contributed by atoms with Crippen molar-refractivity contribution in [3.8, 4) is 11.8 Å². The number of hydrogen-bond acceptors (Lipinski definition) is 3. The molecule has 1 aromatic carbocycles. The van der Waals surface area contributed by atoms with Gasteiger partial charge in [0.1, 0.15) is 5.75 Å². The van der Waals surface area contributed by atoms with Crippen LogP contribution in [0.3, 0.4) is 0 Å². The fraction of sp³-hybridized carbons (Fsp3) is 0.533. The molecule has 1 rings (SSSR count). The van der Waals surface area contributed by atoms with E-state index in [-0.39, 0.29) is 5.41 Å². The topological polar surface area (TPSA) is 59.0 Å². The maximum absolute atomic E-state index is 8.90. The van der Waals surface area contributed by atoms with Gasteiger partial charge in [-0.05, 0) is 63.8 Å². The Labute approximate surface area is 110 Å². The Morgan fingerprint density at radius 2 is 2.06 bits per heavy atom. The molecule has 2 N–H and O–H groups in total. The summed E-state index contributed by atoms with van der Waals surface area (Å²) < 4.78 is 5.70. The Balaban J connectivity index is 2.29. The first-order chi connectivity index (χ1) is 8.44. The van der Waals surface area contributed by atoms with Gasteiger partial charge in [-0.3, -0.25) is 0 Å². The van der Waals surface area contributed by atoms with Gasteiger partial charge in [0, 0.05) is 5.69 Å². The average Bonchev–Trinajstić information content (AvgIpc) is 2.31. The highest BCUT2D eigenvalue weighted by Gasteiger charge is 2.15. The number of anilines is 1. The second kappa shape index (κ2) is 6.30. The van der Waals surface area contributed by atoms with Crippen molar-refractivity contribution in [3.05, 3.63) is 23.8 Å². The Bertz CT molecular complexity index is 433. The van der Waals surface area contributed by atoms with E-state index in [0.717, 1.165) is 36.3 Å². The Hall–Kier alpha value is -1.69. The van der Waals surface area contributed by atoms with Crippen molar-refractivity contribution in [1.82, 2.24) is 0 Å². The standard InChI is InChI=1S/C15H22N2O/c1-12-10-13(17)6-7-14(12)18-9-5-4-8-15(2,3)11-16/h6-7,10H,4-5,8-9,17H2,1-3H3. The highest BCUT2D eigenvalue weighted by atomic mass is 16.5. The van der Waals surface area contributed by atoms with Crippen LogP contribution in [0.15, 0.2) is 18.2 Å². The molecule has 0 saturated heterocycles. The van der Waals surface area contributed by atoms with Crippen LogP contribution in [0.25, 0.3) is 0 Å². The zero-order chi connectivity index (χ0) is 13.6. The van der Waals surface area contributed by atoms with E-state index in [4.69, 9.17) is 15.7 Å². The fourth-order valence-electron chi connectivity index (χ4n) is 1.74. The van der Waals surface area contributed by atoms with Gasteiger partial charge in [-0.15, -0.1) is 0 Å². The molecule has 0 aliphatic heterocycles. The fourth-order valence-corrected chi connectivity index (χ4v) is 1.74. The molecule has 0 aliphatic rings. The predicted octanol–water partition coefficient (Wildman–Crippen LogP) is 3.68. The van der Waals surface area contributed by atoms with Gasteiger partial charge in [0.2, 0.25) is 0 Å². The van der Waals surface area contributed by atoms with E-state index in [0.29, 0.717) is 6.61 Å². The van der Waals surface area contributed by atoms with Crippen molar-refractivity contribution in [2.45, 2.75) is 40.0 Å². The minimum atomic E-state index is -0.225. The molecule has 18 heavy (non-hydrogen) atoms. The summed E-state index contributed by atoms with van der Waals surface area (Å²) in [5, 5.41) is 8.90. The number of nitrogens with zero attached hydrogens (tertiary/aromatic N) is 1. The molecule has 0 aromatic heterocycles. The van der Waals surface area contributed by atoms with Gasteiger partial charge in [-0.1, -0.05) is 0 Å². The highest BCUT2D eigenvalue weighted by molar-refractivity contribution is 5.47. The van der Waals surface area contributed by atoms with E-state index in [1.807, 2.05) is 39.0 Å². The van der Waals surface area contributed by atoms with Crippen LogP contribution in [-0.2, 0) is 0 Å². The smallest absolute Gasteiger partial charge is 0.122 e. The number of ether oxygens (including phenoxy) is 1. The van der Waals surface area contributed by atoms with E-state index < -0.39 is 0 Å². The molecule has 3 heteroatoms. The molecule has 0 amide bonds. The molecule has 3 nitrogen and oxygen atoms in total. The van der Waals surface area contributed by atoms with Gasteiger partial charge in [0.15, 0.2) is 0 Å². The van der Waals surface area contributed by atoms with Crippen molar-refractivity contribution in [1.29, 1.82) is 5.26 Å². The summed E-state index contributed by atoms with van der Waals surface area (Å²) in [6, 6.07) is 7.98. The number of nitriles is 1. The van der Waals surface area contributed by atoms with Crippen LogP contribution in [-0.4, -0.2) is 6.61 Å². The molecule has 98 valence electrons. The molecule has 0 spiro atoms. The van der Waals surface area contributed by atoms with Crippen LogP contribution in [0.5, 0.6) is 5.75 Å². The first-order valence-electron chi connectivity index (χ1n) is 6.35. The first kappa shape index (κ1) is 14.4. The average molecular weight is 246 g/mol. The van der Waals surface area contributed by atoms with E-state index in [1.165, 1.54) is 0 Å². The third kappa shape index (κ3) is 4.67. The monoisotopic (exact) mass is 246 g/mol. The molecule has 1 aromatic rings. The zero-order valence-corrected chi connectivity index (χ0v) is 11.5. The van der Waals surface area contributed by atoms with Gasteiger partial charge in [-0.25, -0.2) is 0 Å². The number of aryl methyl sites for hydroxylation is 1. The summed E-state index contributed by atoms with van der Waals surface area (Å²) >= 11 is 0. The van der Waals surface area contributed by atoms with Crippen molar-refractivity contribution in [3.63, 3.8) is 0 Å². The molecule has 0 heterocycles. The second-order valence-corrected chi connectivity index (χ2v) is 5.33. The quantitative estimate of drug-likeness (QED) is 0.615. The number of benzene rings is 1. The van der Waals surface area contributed by atoms with Crippen molar-refractivity contribution in [2.24, 2.45) is 5.41 Å². The van der Waals surface area contributed by atoms with Crippen LogP contribution in [0.4, 0.5) is 5.69 Å². The summed E-state index contributed by atoms with van der Waals surface area (Å²) in [6.45, 7) is 6.62. The Morgan fingerprint density at radius 1 is 1.33 bits per heavy atom. The number of rotatable bonds is 6. The van der Waals surface area contributed by atoms with Crippen LogP contribution < -0.4 is 10.5 Å². The summed E-state index contributed by atoms with van der Waals surface area (Å²) in [5.74, 6) is 0.892. The van der Waals surface area contributed by atoms with Gasteiger partial charge >= 0.3 is 0 Å². The minimum Gasteiger partial charge on any atom is -0.493 e. The maximum atomic E-state index is 8.90. The molecular formula is C15H22N2O. The predicted molar refractivity (Wildman–Crippen MR) is 74.3 cm³/mol. The molecule has 0 fully saturated rings. The molecule has 0 radical (unpaired) electrons. The third-order valence-corrected chi connectivity index (χ3v) is 2.96. The van der Waals surface area contributed by atoms with Crippen molar-refractivity contribution < 1.29 is 4.74 Å². The lowest BCUT2D eigenvalue weighted by molar-refractivity contribution is 0.293. The molecular weight excluding hydrogens is 224 g/mol. The maximum Gasteiger partial charge on any atom is 0.122 e. The number of nitrogens with two attached hydrogens (primary N) is 1. The number of nitrogen functional groups attached to an aromatic ring is 1. The Kier molecular flexibility index (Phi) is 5.03. The largest absolute Gasteiger partial charge is 0.493 e. The summed E-state index contributed by atoms with van der Waals surface area (Å²) in [4.78, 5) is 0. The van der Waals surface area contributed by atoms with E-state index in [1.54, 1.807) is 0 Å². The van der Waals surface area contributed by atoms with Gasteiger partial charge < -0.3 is 10.5 Å². The summed E-state index contributed by atoms with van der Waals surface area (Å²) in [6.07, 6.45) is 2.89. The summed E-state index contributed by atoms with van der Waals surface area (Å²) in [5.41, 5.74) is 7.28. The van der Waals surface area contributed by atoms with E-state index in [2.05, 4.69) is 6.07 Å². The highest BCUT2D eigenvalue weighted by Crippen LogP contribution is 2.23. The van der Waals surface area contributed by atoms with Crippen molar-refractivity contribution >= 4 is 5.69 Å². The van der Waals surface area contributed by atoms with Gasteiger partial charge in [0.05, 0.1) is 18.1 Å². The number of hydrogen-bond donors (Lipinski definition) is 1. The second-order valence-electron chi connectivity index (χ2n) is 5.33. The van der Waals surface area contributed by atoms with Crippen LogP contribution in [0.2, 0.25) is 0 Å². The molecule has 0 bridgehead atoms. The Morgan fingerprint density at radius 3 is 2.67 bits per heavy atom. The van der Waals surface area contributed by atoms with E-state index in [9.17, 15) is 0 Å². The first-order valence-corrected chi connectivity index (χ1v) is 6.35.